The van der Waals surface area contributed by atoms with E-state index in [4.69, 9.17) is 10.5 Å². The van der Waals surface area contributed by atoms with Gasteiger partial charge in [-0.1, -0.05) is 13.8 Å². The Morgan fingerprint density at radius 3 is 2.67 bits per heavy atom. The lowest BCUT2D eigenvalue weighted by Gasteiger charge is -2.16. The first-order valence-corrected chi connectivity index (χ1v) is 5.07. The van der Waals surface area contributed by atoms with Crippen molar-refractivity contribution < 1.29 is 4.74 Å². The van der Waals surface area contributed by atoms with Crippen molar-refractivity contribution in [2.75, 3.05) is 6.61 Å². The van der Waals surface area contributed by atoms with Crippen LogP contribution in [-0.2, 0) is 4.74 Å². The summed E-state index contributed by atoms with van der Waals surface area (Å²) in [6, 6.07) is 0.303. The molecule has 12 heavy (non-hydrogen) atoms. The number of hydrogen-bond acceptors (Lipinski definition) is 2. The van der Waals surface area contributed by atoms with Crippen LogP contribution in [-0.4, -0.2) is 18.8 Å². The molecule has 0 bridgehead atoms. The summed E-state index contributed by atoms with van der Waals surface area (Å²) in [6.45, 7) is 5.33. The molecule has 0 aromatic carbocycles. The predicted octanol–water partition coefficient (Wildman–Crippen LogP) is 1.93. The summed E-state index contributed by atoms with van der Waals surface area (Å²) < 4.78 is 5.70. The molecule has 1 aliphatic rings. The van der Waals surface area contributed by atoms with Crippen LogP contribution in [0.5, 0.6) is 0 Å². The molecule has 0 radical (unpaired) electrons. The van der Waals surface area contributed by atoms with Gasteiger partial charge in [0.25, 0.3) is 0 Å². The van der Waals surface area contributed by atoms with Crippen molar-refractivity contribution in [1.29, 1.82) is 0 Å². The first kappa shape index (κ1) is 10.0. The molecule has 0 aromatic rings. The number of nitrogens with two attached hydrogens (primary N) is 1. The third-order valence-corrected chi connectivity index (χ3v) is 2.53. The lowest BCUT2D eigenvalue weighted by atomic mass is 10.1. The summed E-state index contributed by atoms with van der Waals surface area (Å²) in [5, 5.41) is 0. The van der Waals surface area contributed by atoms with E-state index in [-0.39, 0.29) is 0 Å². The van der Waals surface area contributed by atoms with Crippen LogP contribution in [0.2, 0.25) is 0 Å². The van der Waals surface area contributed by atoms with Crippen molar-refractivity contribution in [1.82, 2.24) is 0 Å². The van der Waals surface area contributed by atoms with Gasteiger partial charge in [-0.3, -0.25) is 0 Å². The van der Waals surface area contributed by atoms with Crippen molar-refractivity contribution in [2.24, 2.45) is 11.7 Å². The van der Waals surface area contributed by atoms with E-state index in [9.17, 15) is 0 Å². The zero-order valence-corrected chi connectivity index (χ0v) is 8.25. The largest absolute Gasteiger partial charge is 0.377 e. The fourth-order valence-corrected chi connectivity index (χ4v) is 1.62. The summed E-state index contributed by atoms with van der Waals surface area (Å²) in [6.07, 6.45) is 5.06. The highest BCUT2D eigenvalue weighted by atomic mass is 16.5. The first-order chi connectivity index (χ1) is 5.70. The van der Waals surface area contributed by atoms with E-state index in [0.29, 0.717) is 12.1 Å². The van der Waals surface area contributed by atoms with Crippen molar-refractivity contribution in [2.45, 2.75) is 51.7 Å². The van der Waals surface area contributed by atoms with Gasteiger partial charge >= 0.3 is 0 Å². The second kappa shape index (κ2) is 4.83. The van der Waals surface area contributed by atoms with Crippen LogP contribution in [0, 0.1) is 5.92 Å². The maximum absolute atomic E-state index is 5.87. The van der Waals surface area contributed by atoms with Crippen LogP contribution in [0.25, 0.3) is 0 Å². The Hall–Kier alpha value is -0.0800. The van der Waals surface area contributed by atoms with Crippen LogP contribution in [0.1, 0.15) is 39.5 Å². The van der Waals surface area contributed by atoms with E-state index in [1.165, 1.54) is 12.8 Å². The lowest BCUT2D eigenvalue weighted by molar-refractivity contribution is 0.0417. The van der Waals surface area contributed by atoms with Crippen LogP contribution in [0.3, 0.4) is 0 Å². The second-order valence-corrected chi connectivity index (χ2v) is 4.19. The summed E-state index contributed by atoms with van der Waals surface area (Å²) in [5.41, 5.74) is 5.87. The summed E-state index contributed by atoms with van der Waals surface area (Å²) in [4.78, 5) is 0. The Morgan fingerprint density at radius 1 is 1.42 bits per heavy atom. The molecule has 1 saturated carbocycles. The molecule has 2 atom stereocenters. The standard InChI is InChI=1S/C10H21NO/c1-8(2)6-7-12-10-5-3-4-9(10)11/h8-10H,3-7,11H2,1-2H3/t9-,10+/m1/s1. The van der Waals surface area contributed by atoms with E-state index in [0.717, 1.165) is 25.4 Å². The quantitative estimate of drug-likeness (QED) is 0.701. The molecule has 72 valence electrons. The number of rotatable bonds is 4. The van der Waals surface area contributed by atoms with Gasteiger partial charge in [-0.2, -0.15) is 0 Å². The molecule has 0 heterocycles. The van der Waals surface area contributed by atoms with Crippen LogP contribution in [0.4, 0.5) is 0 Å². The van der Waals surface area contributed by atoms with E-state index in [1.807, 2.05) is 0 Å². The van der Waals surface area contributed by atoms with Crippen LogP contribution < -0.4 is 5.73 Å². The third-order valence-electron chi connectivity index (χ3n) is 2.53. The van der Waals surface area contributed by atoms with E-state index in [2.05, 4.69) is 13.8 Å². The van der Waals surface area contributed by atoms with Gasteiger partial charge in [-0.15, -0.1) is 0 Å². The smallest absolute Gasteiger partial charge is 0.0725 e. The predicted molar refractivity (Wildman–Crippen MR) is 51.0 cm³/mol. The molecule has 0 amide bonds. The van der Waals surface area contributed by atoms with Gasteiger partial charge in [0.15, 0.2) is 0 Å². The molecule has 2 N–H and O–H groups in total. The minimum Gasteiger partial charge on any atom is -0.377 e. The minimum atomic E-state index is 0.303. The van der Waals surface area contributed by atoms with Crippen molar-refractivity contribution in [3.63, 3.8) is 0 Å². The molecular formula is C10H21NO. The van der Waals surface area contributed by atoms with Crippen molar-refractivity contribution in [3.8, 4) is 0 Å². The van der Waals surface area contributed by atoms with E-state index < -0.39 is 0 Å². The lowest BCUT2D eigenvalue weighted by Crippen LogP contribution is -2.31. The van der Waals surface area contributed by atoms with Crippen LogP contribution >= 0.6 is 0 Å². The van der Waals surface area contributed by atoms with Gasteiger partial charge in [0.1, 0.15) is 0 Å². The zero-order chi connectivity index (χ0) is 8.97. The Bertz CT molecular complexity index is 125. The molecule has 0 aromatic heterocycles. The summed E-state index contributed by atoms with van der Waals surface area (Å²) in [7, 11) is 0. The Kier molecular flexibility index (Phi) is 4.02. The molecule has 0 spiro atoms. The molecule has 0 saturated heterocycles. The number of ether oxygens (including phenoxy) is 1. The SMILES string of the molecule is CC(C)CCO[C@H]1CCC[C@H]1N. The highest BCUT2D eigenvalue weighted by Crippen LogP contribution is 2.20. The molecular weight excluding hydrogens is 150 g/mol. The van der Waals surface area contributed by atoms with E-state index in [1.54, 1.807) is 0 Å². The number of hydrogen-bond donors (Lipinski definition) is 1. The van der Waals surface area contributed by atoms with Crippen molar-refractivity contribution >= 4 is 0 Å². The third kappa shape index (κ3) is 3.11. The first-order valence-electron chi connectivity index (χ1n) is 5.07. The maximum Gasteiger partial charge on any atom is 0.0725 e. The molecule has 1 fully saturated rings. The highest BCUT2D eigenvalue weighted by Gasteiger charge is 2.23. The van der Waals surface area contributed by atoms with Gasteiger partial charge in [0.2, 0.25) is 0 Å². The molecule has 2 heteroatoms. The summed E-state index contributed by atoms with van der Waals surface area (Å²) in [5.74, 6) is 0.739. The van der Waals surface area contributed by atoms with Gasteiger partial charge in [0.05, 0.1) is 6.10 Å². The topological polar surface area (TPSA) is 35.2 Å². The van der Waals surface area contributed by atoms with E-state index >= 15 is 0 Å². The Morgan fingerprint density at radius 2 is 2.17 bits per heavy atom. The summed E-state index contributed by atoms with van der Waals surface area (Å²) >= 11 is 0. The Labute approximate surface area is 75.5 Å². The monoisotopic (exact) mass is 171 g/mol. The van der Waals surface area contributed by atoms with Gasteiger partial charge in [-0.05, 0) is 31.6 Å². The average molecular weight is 171 g/mol. The minimum absolute atomic E-state index is 0.303. The fraction of sp³-hybridized carbons (Fsp3) is 1.00. The molecule has 2 nitrogen and oxygen atoms in total. The molecule has 0 aliphatic heterocycles. The Balaban J connectivity index is 2.06. The molecule has 1 rings (SSSR count). The second-order valence-electron chi connectivity index (χ2n) is 4.19. The van der Waals surface area contributed by atoms with Gasteiger partial charge < -0.3 is 10.5 Å². The zero-order valence-electron chi connectivity index (χ0n) is 8.25. The molecule has 1 aliphatic carbocycles. The molecule has 0 unspecified atom stereocenters. The average Bonchev–Trinajstić information content (AvgIpc) is 2.36. The van der Waals surface area contributed by atoms with Gasteiger partial charge in [0, 0.05) is 12.6 Å². The maximum atomic E-state index is 5.87. The van der Waals surface area contributed by atoms with Gasteiger partial charge in [-0.25, -0.2) is 0 Å². The van der Waals surface area contributed by atoms with Crippen molar-refractivity contribution in [3.05, 3.63) is 0 Å². The normalized spacial score (nSPS) is 30.0. The fourth-order valence-electron chi connectivity index (χ4n) is 1.62. The van der Waals surface area contributed by atoms with Crippen LogP contribution in [0.15, 0.2) is 0 Å². The highest BCUT2D eigenvalue weighted by molar-refractivity contribution is 4.80.